The lowest BCUT2D eigenvalue weighted by Crippen LogP contribution is -2.42. The molecule has 2 heterocycles. The number of nitrogens with one attached hydrogen (secondary N) is 3. The number of aromatic amines is 2. The van der Waals surface area contributed by atoms with Crippen LogP contribution in [-0.2, 0) is 0 Å². The van der Waals surface area contributed by atoms with Gasteiger partial charge >= 0.3 is 5.69 Å². The van der Waals surface area contributed by atoms with Gasteiger partial charge in [-0.3, -0.25) is 0 Å². The van der Waals surface area contributed by atoms with Gasteiger partial charge in [-0.2, -0.15) is 0 Å². The van der Waals surface area contributed by atoms with E-state index in [1.165, 1.54) is 12.8 Å². The third kappa shape index (κ3) is 2.07. The molecule has 5 nitrogen and oxygen atoms in total. The molecule has 0 bridgehead atoms. The van der Waals surface area contributed by atoms with Crippen molar-refractivity contribution >= 4 is 11.0 Å². The Morgan fingerprint density at radius 2 is 2.06 bits per heavy atom. The molecule has 0 spiro atoms. The maximum absolute atomic E-state index is 11.2. The molecule has 0 saturated carbocycles. The molecular weight excluding hydrogens is 228 g/mol. The van der Waals surface area contributed by atoms with E-state index in [1.807, 2.05) is 18.2 Å². The van der Waals surface area contributed by atoms with Crippen LogP contribution in [0.4, 0.5) is 0 Å². The van der Waals surface area contributed by atoms with Gasteiger partial charge in [0.1, 0.15) is 0 Å². The lowest BCUT2D eigenvalue weighted by Gasteiger charge is -2.29. The van der Waals surface area contributed by atoms with Crippen molar-refractivity contribution in [3.8, 4) is 0 Å². The summed E-state index contributed by atoms with van der Waals surface area (Å²) in [5, 5.41) is 3.47. The largest absolute Gasteiger partial charge is 0.323 e. The zero-order valence-corrected chi connectivity index (χ0v) is 10.2. The van der Waals surface area contributed by atoms with Gasteiger partial charge in [0, 0.05) is 12.1 Å². The third-order valence-corrected chi connectivity index (χ3v) is 3.71. The lowest BCUT2D eigenvalue weighted by molar-refractivity contribution is 0.354. The maximum atomic E-state index is 11.2. The van der Waals surface area contributed by atoms with Crippen molar-refractivity contribution in [1.82, 2.24) is 15.3 Å². The van der Waals surface area contributed by atoms with E-state index in [2.05, 4.69) is 15.3 Å². The summed E-state index contributed by atoms with van der Waals surface area (Å²) in [7, 11) is 0. The van der Waals surface area contributed by atoms with Crippen molar-refractivity contribution in [1.29, 1.82) is 0 Å². The average molecular weight is 246 g/mol. The van der Waals surface area contributed by atoms with Crippen LogP contribution in [0.5, 0.6) is 0 Å². The third-order valence-electron chi connectivity index (χ3n) is 3.71. The van der Waals surface area contributed by atoms with Crippen LogP contribution in [0.1, 0.15) is 30.9 Å². The number of hydrogen-bond donors (Lipinski definition) is 4. The van der Waals surface area contributed by atoms with Gasteiger partial charge in [-0.05, 0) is 37.1 Å². The zero-order valence-electron chi connectivity index (χ0n) is 10.2. The molecule has 1 aromatic heterocycles. The summed E-state index contributed by atoms with van der Waals surface area (Å²) in [5.74, 6) is 0. The summed E-state index contributed by atoms with van der Waals surface area (Å²) in [5.41, 5.74) is 8.84. The minimum absolute atomic E-state index is 0.0203. The Balaban J connectivity index is 1.90. The van der Waals surface area contributed by atoms with Gasteiger partial charge in [-0.25, -0.2) is 4.79 Å². The van der Waals surface area contributed by atoms with Crippen molar-refractivity contribution in [2.75, 3.05) is 6.54 Å². The first-order chi connectivity index (χ1) is 8.74. The molecule has 5 N–H and O–H groups in total. The summed E-state index contributed by atoms with van der Waals surface area (Å²) in [6.45, 7) is 1.04. The van der Waals surface area contributed by atoms with Crippen LogP contribution >= 0.6 is 0 Å². The van der Waals surface area contributed by atoms with Crippen LogP contribution in [-0.4, -0.2) is 22.6 Å². The fourth-order valence-electron chi connectivity index (χ4n) is 2.68. The van der Waals surface area contributed by atoms with E-state index in [4.69, 9.17) is 5.73 Å². The Hall–Kier alpha value is -1.59. The van der Waals surface area contributed by atoms with Gasteiger partial charge in [0.05, 0.1) is 11.0 Å². The molecule has 2 aromatic rings. The van der Waals surface area contributed by atoms with Crippen LogP contribution in [0.25, 0.3) is 11.0 Å². The first kappa shape index (κ1) is 11.5. The molecular formula is C13H18N4O. The molecule has 1 aliphatic rings. The molecule has 0 aliphatic carbocycles. The SMILES string of the molecule is NC(c1ccc2[nH]c(=O)[nH]c2c1)C1CCCCN1. The van der Waals surface area contributed by atoms with Crippen molar-refractivity contribution in [2.45, 2.75) is 31.3 Å². The summed E-state index contributed by atoms with van der Waals surface area (Å²) in [4.78, 5) is 16.7. The highest BCUT2D eigenvalue weighted by atomic mass is 16.1. The number of piperidine rings is 1. The van der Waals surface area contributed by atoms with Crippen LogP contribution in [0, 0.1) is 0 Å². The monoisotopic (exact) mass is 246 g/mol. The molecule has 2 atom stereocenters. The average Bonchev–Trinajstić information content (AvgIpc) is 2.78. The minimum Gasteiger partial charge on any atom is -0.323 e. The van der Waals surface area contributed by atoms with Crippen molar-refractivity contribution < 1.29 is 0 Å². The van der Waals surface area contributed by atoms with E-state index in [1.54, 1.807) is 0 Å². The Kier molecular flexibility index (Phi) is 2.93. The fourth-order valence-corrected chi connectivity index (χ4v) is 2.68. The smallest absolute Gasteiger partial charge is 0.323 e. The number of rotatable bonds is 2. The second kappa shape index (κ2) is 4.59. The van der Waals surface area contributed by atoms with E-state index in [0.717, 1.165) is 29.6 Å². The number of hydrogen-bond acceptors (Lipinski definition) is 3. The molecule has 5 heteroatoms. The normalized spacial score (nSPS) is 22.2. The number of benzene rings is 1. The quantitative estimate of drug-likeness (QED) is 0.637. The predicted octanol–water partition coefficient (Wildman–Crippen LogP) is 0.998. The van der Waals surface area contributed by atoms with Crippen molar-refractivity contribution in [2.24, 2.45) is 5.73 Å². The highest BCUT2D eigenvalue weighted by Crippen LogP contribution is 2.22. The van der Waals surface area contributed by atoms with Gasteiger partial charge in [0.25, 0.3) is 0 Å². The lowest BCUT2D eigenvalue weighted by atomic mass is 9.93. The van der Waals surface area contributed by atoms with Crippen molar-refractivity contribution in [3.63, 3.8) is 0 Å². The molecule has 96 valence electrons. The number of imidazole rings is 1. The second-order valence-electron chi connectivity index (χ2n) is 4.97. The van der Waals surface area contributed by atoms with Crippen LogP contribution in [0.3, 0.4) is 0 Å². The molecule has 2 unspecified atom stereocenters. The van der Waals surface area contributed by atoms with E-state index >= 15 is 0 Å². The van der Waals surface area contributed by atoms with Gasteiger partial charge in [-0.15, -0.1) is 0 Å². The molecule has 0 amide bonds. The summed E-state index contributed by atoms with van der Waals surface area (Å²) < 4.78 is 0. The van der Waals surface area contributed by atoms with E-state index in [-0.39, 0.29) is 11.7 Å². The highest BCUT2D eigenvalue weighted by molar-refractivity contribution is 5.75. The van der Waals surface area contributed by atoms with E-state index in [9.17, 15) is 4.79 Å². The number of aromatic nitrogens is 2. The zero-order chi connectivity index (χ0) is 12.5. The molecule has 1 saturated heterocycles. The predicted molar refractivity (Wildman–Crippen MR) is 71.5 cm³/mol. The first-order valence-electron chi connectivity index (χ1n) is 6.45. The fraction of sp³-hybridized carbons (Fsp3) is 0.462. The van der Waals surface area contributed by atoms with Gasteiger partial charge < -0.3 is 21.0 Å². The van der Waals surface area contributed by atoms with E-state index < -0.39 is 0 Å². The molecule has 3 rings (SSSR count). The van der Waals surface area contributed by atoms with Crippen molar-refractivity contribution in [3.05, 3.63) is 34.2 Å². The Labute approximate surface area is 105 Å². The number of fused-ring (bicyclic) bond motifs is 1. The minimum atomic E-state index is -0.175. The van der Waals surface area contributed by atoms with Crippen LogP contribution in [0.15, 0.2) is 23.0 Å². The Bertz CT molecular complexity index is 594. The number of H-pyrrole nitrogens is 2. The van der Waals surface area contributed by atoms with Crippen LogP contribution < -0.4 is 16.7 Å². The Morgan fingerprint density at radius 1 is 1.22 bits per heavy atom. The molecule has 18 heavy (non-hydrogen) atoms. The number of nitrogens with two attached hydrogens (primary N) is 1. The Morgan fingerprint density at radius 3 is 2.83 bits per heavy atom. The second-order valence-corrected chi connectivity index (χ2v) is 4.97. The summed E-state index contributed by atoms with van der Waals surface area (Å²) >= 11 is 0. The molecule has 1 aliphatic heterocycles. The highest BCUT2D eigenvalue weighted by Gasteiger charge is 2.21. The topological polar surface area (TPSA) is 86.7 Å². The summed E-state index contributed by atoms with van der Waals surface area (Å²) in [6.07, 6.45) is 3.57. The maximum Gasteiger partial charge on any atom is 0.323 e. The van der Waals surface area contributed by atoms with Gasteiger partial charge in [-0.1, -0.05) is 12.5 Å². The van der Waals surface area contributed by atoms with E-state index in [0.29, 0.717) is 6.04 Å². The molecule has 0 radical (unpaired) electrons. The molecule has 1 aromatic carbocycles. The van der Waals surface area contributed by atoms with Gasteiger partial charge in [0.15, 0.2) is 0 Å². The first-order valence-corrected chi connectivity index (χ1v) is 6.45. The van der Waals surface area contributed by atoms with Gasteiger partial charge in [0.2, 0.25) is 0 Å². The summed E-state index contributed by atoms with van der Waals surface area (Å²) in [6, 6.07) is 6.18. The molecule has 1 fully saturated rings. The standard InChI is InChI=1S/C13H18N4O/c14-12(10-3-1-2-6-15-10)8-4-5-9-11(7-8)17-13(18)16-9/h4-5,7,10,12,15H,1-3,6,14H2,(H2,16,17,18). The van der Waals surface area contributed by atoms with Crippen LogP contribution in [0.2, 0.25) is 0 Å².